The standard InChI is InChI=1S/C20H8ClFO7/c21-9-4-5-10-13(23)7-16(27-15(10)6-9)19(25)29-20(26)17-8-14(24)11-2-1-3-12(22)18(11)28-17/h1-8H. The van der Waals surface area contributed by atoms with Crippen molar-refractivity contribution in [3.63, 3.8) is 0 Å². The van der Waals surface area contributed by atoms with Gasteiger partial charge in [-0.25, -0.2) is 14.0 Å². The van der Waals surface area contributed by atoms with Crippen LogP contribution in [0.2, 0.25) is 5.02 Å². The summed E-state index contributed by atoms with van der Waals surface area (Å²) in [4.78, 5) is 48.6. The molecule has 4 aromatic rings. The third-order valence-corrected chi connectivity index (χ3v) is 4.22. The first-order valence-electron chi connectivity index (χ1n) is 8.06. The van der Waals surface area contributed by atoms with E-state index in [1.165, 1.54) is 30.3 Å². The molecule has 2 heterocycles. The number of hydrogen-bond acceptors (Lipinski definition) is 7. The van der Waals surface area contributed by atoms with Crippen LogP contribution in [-0.4, -0.2) is 11.9 Å². The predicted molar refractivity (Wildman–Crippen MR) is 99.7 cm³/mol. The van der Waals surface area contributed by atoms with Crippen LogP contribution in [0.4, 0.5) is 4.39 Å². The van der Waals surface area contributed by atoms with Gasteiger partial charge in [0.15, 0.2) is 22.3 Å². The van der Waals surface area contributed by atoms with Crippen LogP contribution < -0.4 is 10.9 Å². The van der Waals surface area contributed by atoms with Crippen LogP contribution in [0, 0.1) is 5.82 Å². The second-order valence-corrected chi connectivity index (χ2v) is 6.32. The summed E-state index contributed by atoms with van der Waals surface area (Å²) in [6.45, 7) is 0. The number of halogens is 2. The maximum atomic E-state index is 13.9. The Kier molecular flexibility index (Phi) is 4.48. The van der Waals surface area contributed by atoms with Crippen molar-refractivity contribution < 1.29 is 27.6 Å². The van der Waals surface area contributed by atoms with E-state index in [9.17, 15) is 23.6 Å². The molecule has 0 bridgehead atoms. The van der Waals surface area contributed by atoms with E-state index in [0.29, 0.717) is 0 Å². The number of carbonyl (C=O) groups excluding carboxylic acids is 2. The molecule has 0 N–H and O–H groups in total. The Balaban J connectivity index is 1.68. The number of para-hydroxylation sites is 1. The molecule has 0 aliphatic rings. The third kappa shape index (κ3) is 3.41. The topological polar surface area (TPSA) is 104 Å². The molecule has 4 rings (SSSR count). The lowest BCUT2D eigenvalue weighted by molar-refractivity contribution is 0.0354. The highest BCUT2D eigenvalue weighted by Crippen LogP contribution is 2.19. The number of carbonyl (C=O) groups is 2. The van der Waals surface area contributed by atoms with E-state index in [-0.39, 0.29) is 21.4 Å². The fraction of sp³-hybridized carbons (Fsp3) is 0. The number of rotatable bonds is 2. The molecule has 0 fully saturated rings. The SMILES string of the molecule is O=C(OC(=O)c1cc(=O)c2cccc(F)c2o1)c1cc(=O)c2ccc(Cl)cc2o1. The number of hydrogen-bond donors (Lipinski definition) is 0. The van der Waals surface area contributed by atoms with Crippen LogP contribution in [0.5, 0.6) is 0 Å². The Labute approximate surface area is 164 Å². The summed E-state index contributed by atoms with van der Waals surface area (Å²) in [6.07, 6.45) is 0. The van der Waals surface area contributed by atoms with Gasteiger partial charge in [0, 0.05) is 23.2 Å². The van der Waals surface area contributed by atoms with Crippen molar-refractivity contribution in [2.24, 2.45) is 0 Å². The minimum atomic E-state index is -1.36. The lowest BCUT2D eigenvalue weighted by Crippen LogP contribution is -2.16. The molecular weight excluding hydrogens is 407 g/mol. The highest BCUT2D eigenvalue weighted by atomic mass is 35.5. The first-order chi connectivity index (χ1) is 13.8. The summed E-state index contributed by atoms with van der Waals surface area (Å²) >= 11 is 5.84. The molecule has 0 spiro atoms. The van der Waals surface area contributed by atoms with Crippen molar-refractivity contribution in [3.05, 3.63) is 91.3 Å². The van der Waals surface area contributed by atoms with Crippen molar-refractivity contribution in [1.29, 1.82) is 0 Å². The van der Waals surface area contributed by atoms with E-state index in [0.717, 1.165) is 18.2 Å². The Bertz CT molecular complexity index is 1430. The lowest BCUT2D eigenvalue weighted by Gasteiger charge is -2.05. The summed E-state index contributed by atoms with van der Waals surface area (Å²) in [5, 5.41) is 0.362. The molecule has 0 aliphatic carbocycles. The molecule has 0 unspecified atom stereocenters. The van der Waals surface area contributed by atoms with Crippen molar-refractivity contribution in [2.75, 3.05) is 0 Å². The van der Waals surface area contributed by atoms with E-state index >= 15 is 0 Å². The van der Waals surface area contributed by atoms with Gasteiger partial charge in [0.1, 0.15) is 5.58 Å². The lowest BCUT2D eigenvalue weighted by atomic mass is 10.2. The zero-order chi connectivity index (χ0) is 20.7. The predicted octanol–water partition coefficient (Wildman–Crippen LogP) is 3.69. The maximum Gasteiger partial charge on any atom is 0.382 e. The van der Waals surface area contributed by atoms with Crippen molar-refractivity contribution in [1.82, 2.24) is 0 Å². The summed E-state index contributed by atoms with van der Waals surface area (Å²) in [7, 11) is 0. The molecule has 0 saturated heterocycles. The number of esters is 2. The van der Waals surface area contributed by atoms with Gasteiger partial charge in [-0.3, -0.25) is 9.59 Å². The molecule has 0 radical (unpaired) electrons. The van der Waals surface area contributed by atoms with Crippen LogP contribution in [0.1, 0.15) is 21.1 Å². The molecule has 0 saturated carbocycles. The van der Waals surface area contributed by atoms with E-state index in [1.54, 1.807) is 0 Å². The van der Waals surface area contributed by atoms with Gasteiger partial charge in [-0.2, -0.15) is 0 Å². The zero-order valence-electron chi connectivity index (χ0n) is 14.2. The maximum absolute atomic E-state index is 13.9. The quantitative estimate of drug-likeness (QED) is 0.364. The van der Waals surface area contributed by atoms with Crippen LogP contribution in [0.25, 0.3) is 21.9 Å². The number of fused-ring (bicyclic) bond motifs is 2. The van der Waals surface area contributed by atoms with Crippen LogP contribution >= 0.6 is 11.6 Å². The van der Waals surface area contributed by atoms with E-state index in [4.69, 9.17) is 20.4 Å². The number of ether oxygens (including phenoxy) is 1. The molecule has 2 aromatic heterocycles. The number of benzene rings is 2. The van der Waals surface area contributed by atoms with Gasteiger partial charge in [0.05, 0.1) is 10.8 Å². The first kappa shape index (κ1) is 18.6. The van der Waals surface area contributed by atoms with Crippen molar-refractivity contribution in [2.45, 2.75) is 0 Å². The molecule has 7 nitrogen and oxygen atoms in total. The van der Waals surface area contributed by atoms with Crippen LogP contribution in [-0.2, 0) is 4.74 Å². The third-order valence-electron chi connectivity index (χ3n) is 3.99. The highest BCUT2D eigenvalue weighted by molar-refractivity contribution is 6.31. The summed E-state index contributed by atoms with van der Waals surface area (Å²) < 4.78 is 28.8. The summed E-state index contributed by atoms with van der Waals surface area (Å²) in [5.41, 5.74) is -1.69. The van der Waals surface area contributed by atoms with Gasteiger partial charge in [0.2, 0.25) is 11.5 Å². The molecule has 2 aromatic carbocycles. The van der Waals surface area contributed by atoms with Gasteiger partial charge in [-0.15, -0.1) is 0 Å². The average molecular weight is 415 g/mol. The Morgan fingerprint density at radius 2 is 1.52 bits per heavy atom. The second-order valence-electron chi connectivity index (χ2n) is 5.88. The highest BCUT2D eigenvalue weighted by Gasteiger charge is 2.22. The van der Waals surface area contributed by atoms with Gasteiger partial charge in [0.25, 0.3) is 0 Å². The first-order valence-corrected chi connectivity index (χ1v) is 8.43. The monoisotopic (exact) mass is 414 g/mol. The molecular formula is C20H8ClFO7. The van der Waals surface area contributed by atoms with E-state index in [1.807, 2.05) is 0 Å². The Hall–Kier alpha value is -3.78. The fourth-order valence-corrected chi connectivity index (χ4v) is 2.82. The van der Waals surface area contributed by atoms with E-state index < -0.39 is 45.7 Å². The summed E-state index contributed by atoms with van der Waals surface area (Å²) in [5.74, 6) is -4.77. The molecule has 0 atom stereocenters. The fourth-order valence-electron chi connectivity index (χ4n) is 2.66. The Morgan fingerprint density at radius 3 is 2.24 bits per heavy atom. The largest absolute Gasteiger partial charge is 0.449 e. The van der Waals surface area contributed by atoms with Gasteiger partial charge < -0.3 is 13.6 Å². The molecule has 9 heteroatoms. The van der Waals surface area contributed by atoms with Crippen molar-refractivity contribution in [3.8, 4) is 0 Å². The van der Waals surface area contributed by atoms with Crippen LogP contribution in [0.3, 0.4) is 0 Å². The molecule has 29 heavy (non-hydrogen) atoms. The van der Waals surface area contributed by atoms with Gasteiger partial charge >= 0.3 is 11.9 Å². The van der Waals surface area contributed by atoms with Gasteiger partial charge in [-0.05, 0) is 24.3 Å². The van der Waals surface area contributed by atoms with Crippen molar-refractivity contribution >= 4 is 45.5 Å². The molecule has 0 amide bonds. The Morgan fingerprint density at radius 1 is 0.862 bits per heavy atom. The minimum Gasteiger partial charge on any atom is -0.449 e. The average Bonchev–Trinajstić information content (AvgIpc) is 2.68. The molecule has 0 aliphatic heterocycles. The van der Waals surface area contributed by atoms with Crippen LogP contribution in [0.15, 0.2) is 67.0 Å². The van der Waals surface area contributed by atoms with E-state index in [2.05, 4.69) is 4.74 Å². The smallest absolute Gasteiger partial charge is 0.382 e. The second kappa shape index (κ2) is 6.99. The minimum absolute atomic E-state index is 0.0173. The summed E-state index contributed by atoms with van der Waals surface area (Å²) in [6, 6.07) is 9.51. The molecule has 144 valence electrons. The van der Waals surface area contributed by atoms with Gasteiger partial charge in [-0.1, -0.05) is 17.7 Å². The zero-order valence-corrected chi connectivity index (χ0v) is 15.0. The normalized spacial score (nSPS) is 11.0.